The Labute approximate surface area is 136 Å². The number of carbonyl (C=O) groups is 1. The molecule has 2 atom stereocenters. The van der Waals surface area contributed by atoms with Gasteiger partial charge in [0, 0.05) is 0 Å². The monoisotopic (exact) mass is 314 g/mol. The highest BCUT2D eigenvalue weighted by Crippen LogP contribution is 2.17. The van der Waals surface area contributed by atoms with Crippen LogP contribution in [-0.4, -0.2) is 29.7 Å². The molecule has 0 aliphatic heterocycles. The maximum absolute atomic E-state index is 11.4. The summed E-state index contributed by atoms with van der Waals surface area (Å²) in [7, 11) is 0. The molecule has 1 N–H and O–H groups in total. The van der Waals surface area contributed by atoms with Gasteiger partial charge >= 0.3 is 0 Å². The van der Waals surface area contributed by atoms with Crippen LogP contribution >= 0.6 is 0 Å². The number of aldehydes is 1. The Bertz CT molecular complexity index is 585. The first kappa shape index (κ1) is 17.3. The van der Waals surface area contributed by atoms with Crippen LogP contribution in [0.2, 0.25) is 0 Å². The summed E-state index contributed by atoms with van der Waals surface area (Å²) in [4.78, 5) is 11.4. The van der Waals surface area contributed by atoms with E-state index in [1.807, 2.05) is 60.7 Å². The number of hydrogen-bond donors (Lipinski definition) is 1. The molecule has 0 saturated heterocycles. The van der Waals surface area contributed by atoms with Gasteiger partial charge < -0.3 is 19.4 Å². The number of aliphatic hydroxyl groups is 1. The second-order valence-electron chi connectivity index (χ2n) is 5.59. The van der Waals surface area contributed by atoms with Crippen LogP contribution in [0.5, 0.6) is 0 Å². The van der Waals surface area contributed by atoms with Crippen LogP contribution in [0.15, 0.2) is 60.7 Å². The van der Waals surface area contributed by atoms with Crippen molar-refractivity contribution >= 4 is 6.29 Å². The highest BCUT2D eigenvalue weighted by molar-refractivity contribution is 5.63. The van der Waals surface area contributed by atoms with Crippen molar-refractivity contribution in [3.05, 3.63) is 71.8 Å². The van der Waals surface area contributed by atoms with E-state index in [0.717, 1.165) is 11.1 Å². The van der Waals surface area contributed by atoms with Crippen molar-refractivity contribution in [2.24, 2.45) is 0 Å². The fourth-order valence-corrected chi connectivity index (χ4v) is 2.05. The van der Waals surface area contributed by atoms with E-state index in [4.69, 9.17) is 9.47 Å². The fourth-order valence-electron chi connectivity index (χ4n) is 2.05. The van der Waals surface area contributed by atoms with E-state index in [9.17, 15) is 9.90 Å². The van der Waals surface area contributed by atoms with Crippen LogP contribution in [-0.2, 0) is 27.5 Å². The summed E-state index contributed by atoms with van der Waals surface area (Å²) in [5.74, 6) is 0. The molecule has 23 heavy (non-hydrogen) atoms. The molecule has 0 saturated carbocycles. The van der Waals surface area contributed by atoms with Crippen molar-refractivity contribution in [1.82, 2.24) is 0 Å². The first-order valence-corrected chi connectivity index (χ1v) is 7.58. The number of hydrogen-bond acceptors (Lipinski definition) is 4. The summed E-state index contributed by atoms with van der Waals surface area (Å²) < 4.78 is 11.1. The molecule has 4 nitrogen and oxygen atoms in total. The summed E-state index contributed by atoms with van der Waals surface area (Å²) in [6, 6.07) is 19.2. The van der Waals surface area contributed by atoms with E-state index >= 15 is 0 Å². The van der Waals surface area contributed by atoms with Gasteiger partial charge in [0.05, 0.1) is 19.8 Å². The average Bonchev–Trinajstić information content (AvgIpc) is 2.61. The van der Waals surface area contributed by atoms with Gasteiger partial charge in [-0.15, -0.1) is 0 Å². The quantitative estimate of drug-likeness (QED) is 0.723. The summed E-state index contributed by atoms with van der Waals surface area (Å²) >= 11 is 0. The third kappa shape index (κ3) is 5.28. The molecule has 0 fully saturated rings. The lowest BCUT2D eigenvalue weighted by molar-refractivity contribution is -0.157. The van der Waals surface area contributed by atoms with Gasteiger partial charge in [-0.3, -0.25) is 0 Å². The Kier molecular flexibility index (Phi) is 6.47. The van der Waals surface area contributed by atoms with Crippen molar-refractivity contribution in [2.45, 2.75) is 31.8 Å². The number of aliphatic hydroxyl groups excluding tert-OH is 1. The van der Waals surface area contributed by atoms with Gasteiger partial charge in [0.15, 0.2) is 6.29 Å². The molecular weight excluding hydrogens is 292 g/mol. The molecule has 0 aromatic heterocycles. The minimum Gasteiger partial charge on any atom is -0.387 e. The van der Waals surface area contributed by atoms with Crippen LogP contribution in [0.1, 0.15) is 18.1 Å². The number of rotatable bonds is 9. The van der Waals surface area contributed by atoms with Gasteiger partial charge in [-0.1, -0.05) is 60.7 Å². The van der Waals surface area contributed by atoms with Crippen molar-refractivity contribution in [3.8, 4) is 0 Å². The van der Waals surface area contributed by atoms with Crippen molar-refractivity contribution in [2.75, 3.05) is 6.61 Å². The zero-order chi connectivity index (χ0) is 16.5. The topological polar surface area (TPSA) is 55.8 Å². The molecule has 2 aromatic carbocycles. The van der Waals surface area contributed by atoms with Crippen molar-refractivity contribution in [1.29, 1.82) is 0 Å². The van der Waals surface area contributed by atoms with Crippen LogP contribution in [0, 0.1) is 0 Å². The normalized spacial score (nSPS) is 14.9. The molecule has 0 radical (unpaired) electrons. The van der Waals surface area contributed by atoms with Crippen molar-refractivity contribution < 1.29 is 19.4 Å². The third-order valence-electron chi connectivity index (χ3n) is 3.68. The van der Waals surface area contributed by atoms with Gasteiger partial charge in [0.1, 0.15) is 11.7 Å². The molecule has 0 aliphatic carbocycles. The molecule has 2 aromatic rings. The van der Waals surface area contributed by atoms with Gasteiger partial charge in [-0.25, -0.2) is 0 Å². The standard InChI is InChI=1S/C19H22O4/c1-19(15-20,23-13-17-10-6-3-7-11-17)18(21)14-22-12-16-8-4-2-5-9-16/h2-11,15,18,21H,12-14H2,1H3/t18-,19+/m1/s1. The van der Waals surface area contributed by atoms with E-state index in [0.29, 0.717) is 12.9 Å². The second kappa shape index (κ2) is 8.58. The fraction of sp³-hybridized carbons (Fsp3) is 0.316. The van der Waals surface area contributed by atoms with Gasteiger partial charge in [0.2, 0.25) is 0 Å². The van der Waals surface area contributed by atoms with Crippen molar-refractivity contribution in [3.63, 3.8) is 0 Å². The molecule has 0 spiro atoms. The maximum Gasteiger partial charge on any atom is 0.154 e. The lowest BCUT2D eigenvalue weighted by atomic mass is 10.0. The SMILES string of the molecule is C[C@@](C=O)(OCc1ccccc1)[C@H](O)COCc1ccccc1. The minimum absolute atomic E-state index is 0.0267. The molecule has 0 unspecified atom stereocenters. The summed E-state index contributed by atoms with van der Waals surface area (Å²) in [5, 5.41) is 10.2. The highest BCUT2D eigenvalue weighted by Gasteiger charge is 2.34. The maximum atomic E-state index is 11.4. The Morgan fingerprint density at radius 1 is 1.00 bits per heavy atom. The highest BCUT2D eigenvalue weighted by atomic mass is 16.5. The zero-order valence-corrected chi connectivity index (χ0v) is 13.2. The first-order valence-electron chi connectivity index (χ1n) is 7.58. The third-order valence-corrected chi connectivity index (χ3v) is 3.68. The van der Waals surface area contributed by atoms with E-state index in [1.165, 1.54) is 0 Å². The van der Waals surface area contributed by atoms with Gasteiger partial charge in [0.25, 0.3) is 0 Å². The zero-order valence-electron chi connectivity index (χ0n) is 13.2. The van der Waals surface area contributed by atoms with Crippen LogP contribution in [0.3, 0.4) is 0 Å². The molecular formula is C19H22O4. The Morgan fingerprint density at radius 3 is 2.04 bits per heavy atom. The Balaban J connectivity index is 1.84. The van der Waals surface area contributed by atoms with E-state index < -0.39 is 11.7 Å². The molecule has 2 rings (SSSR count). The summed E-state index contributed by atoms with van der Waals surface area (Å²) in [5.41, 5.74) is 0.655. The molecule has 0 amide bonds. The van der Waals surface area contributed by atoms with Crippen LogP contribution in [0.4, 0.5) is 0 Å². The van der Waals surface area contributed by atoms with E-state index in [2.05, 4.69) is 0 Å². The number of ether oxygens (including phenoxy) is 2. The molecule has 4 heteroatoms. The lowest BCUT2D eigenvalue weighted by Crippen LogP contribution is -2.46. The Morgan fingerprint density at radius 2 is 1.52 bits per heavy atom. The minimum atomic E-state index is -1.30. The largest absolute Gasteiger partial charge is 0.387 e. The second-order valence-corrected chi connectivity index (χ2v) is 5.59. The summed E-state index contributed by atoms with van der Waals surface area (Å²) in [6.07, 6.45) is -0.403. The molecule has 0 bridgehead atoms. The van der Waals surface area contributed by atoms with E-state index in [-0.39, 0.29) is 13.2 Å². The van der Waals surface area contributed by atoms with Gasteiger partial charge in [-0.2, -0.15) is 0 Å². The average molecular weight is 314 g/mol. The predicted octanol–water partition coefficient (Wildman–Crippen LogP) is 2.74. The van der Waals surface area contributed by atoms with Crippen LogP contribution < -0.4 is 0 Å². The van der Waals surface area contributed by atoms with Crippen LogP contribution in [0.25, 0.3) is 0 Å². The van der Waals surface area contributed by atoms with E-state index in [1.54, 1.807) is 6.92 Å². The molecule has 122 valence electrons. The molecule has 0 heterocycles. The first-order chi connectivity index (χ1) is 11.1. The number of benzene rings is 2. The predicted molar refractivity (Wildman–Crippen MR) is 87.8 cm³/mol. The molecule has 0 aliphatic rings. The smallest absolute Gasteiger partial charge is 0.154 e. The summed E-state index contributed by atoms with van der Waals surface area (Å²) in [6.45, 7) is 2.23. The lowest BCUT2D eigenvalue weighted by Gasteiger charge is -2.29. The van der Waals surface area contributed by atoms with Gasteiger partial charge in [-0.05, 0) is 18.1 Å². The Hall–Kier alpha value is -2.01. The number of carbonyl (C=O) groups excluding carboxylic acids is 1.